The average Bonchev–Trinajstić information content (AvgIpc) is 3.16. The minimum atomic E-state index is -0.888. The van der Waals surface area contributed by atoms with Gasteiger partial charge < -0.3 is 5.32 Å². The summed E-state index contributed by atoms with van der Waals surface area (Å²) in [6, 6.07) is 1.33. The Balaban J connectivity index is 1.54. The highest BCUT2D eigenvalue weighted by atomic mass is 32.1. The number of carbonyl (C=O) groups excluding carboxylic acids is 3. The second kappa shape index (κ2) is 6.93. The van der Waals surface area contributed by atoms with E-state index in [1.54, 1.807) is 6.92 Å². The van der Waals surface area contributed by atoms with Gasteiger partial charge in [0.25, 0.3) is 0 Å². The number of nitrogens with zero attached hydrogens (tertiary/aromatic N) is 2. The van der Waals surface area contributed by atoms with Crippen molar-refractivity contribution in [1.82, 2.24) is 4.90 Å². The zero-order valence-electron chi connectivity index (χ0n) is 15.2. The number of likely N-dealkylation sites (tertiary alicyclic amines) is 1. The molecule has 3 amide bonds. The summed E-state index contributed by atoms with van der Waals surface area (Å²) in [5, 5.41) is 12.9. The molecular weight excluding hydrogens is 362 g/mol. The summed E-state index contributed by atoms with van der Waals surface area (Å²) in [5.41, 5.74) is 1.58. The average molecular weight is 383 g/mol. The predicted octanol–water partition coefficient (Wildman–Crippen LogP) is 2.78. The number of nitriles is 1. The van der Waals surface area contributed by atoms with E-state index in [9.17, 15) is 19.6 Å². The van der Waals surface area contributed by atoms with Crippen LogP contribution in [0.4, 0.5) is 5.00 Å². The lowest BCUT2D eigenvalue weighted by molar-refractivity contribution is -0.146. The number of imide groups is 1. The minimum absolute atomic E-state index is 0.261. The van der Waals surface area contributed by atoms with Crippen molar-refractivity contribution in [3.05, 3.63) is 28.2 Å². The molecule has 0 unspecified atom stereocenters. The zero-order valence-corrected chi connectivity index (χ0v) is 16.0. The third-order valence-corrected chi connectivity index (χ3v) is 7.04. The molecule has 0 saturated carbocycles. The van der Waals surface area contributed by atoms with Crippen LogP contribution < -0.4 is 5.32 Å². The van der Waals surface area contributed by atoms with Crippen LogP contribution >= 0.6 is 11.3 Å². The van der Waals surface area contributed by atoms with Gasteiger partial charge in [-0.15, -0.1) is 11.3 Å². The van der Waals surface area contributed by atoms with Gasteiger partial charge in [-0.2, -0.15) is 5.26 Å². The molecule has 4 rings (SSSR count). The Morgan fingerprint density at radius 2 is 1.85 bits per heavy atom. The smallest absolute Gasteiger partial charge is 0.248 e. The Morgan fingerprint density at radius 3 is 2.48 bits per heavy atom. The summed E-state index contributed by atoms with van der Waals surface area (Å²) in [6.45, 7) is 1.58. The molecule has 1 saturated heterocycles. The SMILES string of the molecule is C[C@@H](C(=O)Nc1sc2c(c1C#N)CCCC2)N1C(=O)[C@H]2CC=CC[C@@H]2C1=O. The number of allylic oxidation sites excluding steroid dienone is 2. The van der Waals surface area contributed by atoms with Gasteiger partial charge in [-0.05, 0) is 51.0 Å². The maximum absolute atomic E-state index is 12.8. The van der Waals surface area contributed by atoms with Crippen molar-refractivity contribution < 1.29 is 14.4 Å². The number of aryl methyl sites for hydroxylation is 1. The van der Waals surface area contributed by atoms with Gasteiger partial charge in [0, 0.05) is 4.88 Å². The van der Waals surface area contributed by atoms with E-state index < -0.39 is 11.9 Å². The molecule has 1 aromatic rings. The van der Waals surface area contributed by atoms with Crippen LogP contribution in [0, 0.1) is 23.2 Å². The lowest BCUT2D eigenvalue weighted by atomic mass is 9.85. The van der Waals surface area contributed by atoms with Crippen LogP contribution in [0.1, 0.15) is 48.6 Å². The van der Waals surface area contributed by atoms with E-state index in [1.165, 1.54) is 11.3 Å². The topological polar surface area (TPSA) is 90.3 Å². The van der Waals surface area contributed by atoms with Crippen molar-refractivity contribution in [2.24, 2.45) is 11.8 Å². The number of anilines is 1. The Bertz CT molecular complexity index is 869. The molecular formula is C20H21N3O3S. The largest absolute Gasteiger partial charge is 0.315 e. The molecule has 27 heavy (non-hydrogen) atoms. The van der Waals surface area contributed by atoms with E-state index in [-0.39, 0.29) is 23.7 Å². The van der Waals surface area contributed by atoms with Gasteiger partial charge in [0.05, 0.1) is 17.4 Å². The van der Waals surface area contributed by atoms with Gasteiger partial charge in [0.15, 0.2) is 0 Å². The van der Waals surface area contributed by atoms with Crippen molar-refractivity contribution in [3.63, 3.8) is 0 Å². The minimum Gasteiger partial charge on any atom is -0.315 e. The second-order valence-electron chi connectivity index (χ2n) is 7.39. The van der Waals surface area contributed by atoms with Crippen molar-refractivity contribution in [2.75, 3.05) is 5.32 Å². The molecule has 1 aliphatic heterocycles. The van der Waals surface area contributed by atoms with Crippen LogP contribution in [0.25, 0.3) is 0 Å². The number of carbonyl (C=O) groups is 3. The van der Waals surface area contributed by atoms with Crippen LogP contribution in [0.2, 0.25) is 0 Å². The number of nitrogens with one attached hydrogen (secondary N) is 1. The highest BCUT2D eigenvalue weighted by Gasteiger charge is 2.50. The quantitative estimate of drug-likeness (QED) is 0.642. The third-order valence-electron chi connectivity index (χ3n) is 5.83. The van der Waals surface area contributed by atoms with Crippen LogP contribution in [0.3, 0.4) is 0 Å². The molecule has 0 spiro atoms. The standard InChI is InChI=1S/C20H21N3O3S/c1-11(23-19(25)13-7-2-3-8-14(13)20(23)26)17(24)22-18-15(10-21)12-6-4-5-9-16(12)27-18/h2-3,11,13-14H,4-9H2,1H3,(H,22,24)/t11-,13-,14-/m0/s1. The maximum Gasteiger partial charge on any atom is 0.248 e. The first-order valence-electron chi connectivity index (χ1n) is 9.40. The molecule has 2 heterocycles. The fourth-order valence-electron chi connectivity index (χ4n) is 4.31. The maximum atomic E-state index is 12.8. The van der Waals surface area contributed by atoms with Crippen molar-refractivity contribution in [2.45, 2.75) is 51.5 Å². The summed E-state index contributed by atoms with van der Waals surface area (Å²) < 4.78 is 0. The number of hydrogen-bond donors (Lipinski definition) is 1. The molecule has 3 aliphatic rings. The molecule has 7 heteroatoms. The molecule has 1 fully saturated rings. The Morgan fingerprint density at radius 1 is 1.22 bits per heavy atom. The highest BCUT2D eigenvalue weighted by Crippen LogP contribution is 2.39. The first-order valence-corrected chi connectivity index (χ1v) is 10.2. The van der Waals surface area contributed by atoms with Gasteiger partial charge in [-0.25, -0.2) is 0 Å². The van der Waals surface area contributed by atoms with E-state index in [0.717, 1.165) is 41.0 Å². The van der Waals surface area contributed by atoms with Crippen LogP contribution in [0.15, 0.2) is 12.2 Å². The van der Waals surface area contributed by atoms with Gasteiger partial charge in [0.1, 0.15) is 17.1 Å². The van der Waals surface area contributed by atoms with E-state index in [0.29, 0.717) is 23.4 Å². The number of amides is 3. The predicted molar refractivity (Wildman–Crippen MR) is 101 cm³/mol. The summed E-state index contributed by atoms with van der Waals surface area (Å²) in [7, 11) is 0. The highest BCUT2D eigenvalue weighted by molar-refractivity contribution is 7.16. The lowest BCUT2D eigenvalue weighted by Gasteiger charge is -2.22. The first kappa shape index (κ1) is 17.9. The molecule has 2 aliphatic carbocycles. The van der Waals surface area contributed by atoms with Crippen LogP contribution in [-0.2, 0) is 27.2 Å². The second-order valence-corrected chi connectivity index (χ2v) is 8.50. The van der Waals surface area contributed by atoms with Gasteiger partial charge in [0.2, 0.25) is 17.7 Å². The zero-order chi connectivity index (χ0) is 19.1. The van der Waals surface area contributed by atoms with E-state index in [4.69, 9.17) is 0 Å². The number of hydrogen-bond acceptors (Lipinski definition) is 5. The van der Waals surface area contributed by atoms with Crippen molar-refractivity contribution in [1.29, 1.82) is 5.26 Å². The molecule has 1 aromatic heterocycles. The van der Waals surface area contributed by atoms with E-state index in [1.807, 2.05) is 12.2 Å². The molecule has 3 atom stereocenters. The lowest BCUT2D eigenvalue weighted by Crippen LogP contribution is -2.46. The Kier molecular flexibility index (Phi) is 4.60. The third kappa shape index (κ3) is 2.88. The molecule has 140 valence electrons. The van der Waals surface area contributed by atoms with Gasteiger partial charge in [-0.3, -0.25) is 19.3 Å². The molecule has 0 aromatic carbocycles. The van der Waals surface area contributed by atoms with E-state index >= 15 is 0 Å². The fraction of sp³-hybridized carbons (Fsp3) is 0.500. The summed E-state index contributed by atoms with van der Waals surface area (Å²) in [5.74, 6) is -1.63. The number of thiophene rings is 1. The summed E-state index contributed by atoms with van der Waals surface area (Å²) in [4.78, 5) is 40.4. The monoisotopic (exact) mass is 383 g/mol. The number of fused-ring (bicyclic) bond motifs is 2. The Hall–Kier alpha value is -2.46. The molecule has 1 N–H and O–H groups in total. The molecule has 0 radical (unpaired) electrons. The fourth-order valence-corrected chi connectivity index (χ4v) is 5.56. The number of rotatable bonds is 3. The summed E-state index contributed by atoms with van der Waals surface area (Å²) in [6.07, 6.45) is 8.89. The van der Waals surface area contributed by atoms with E-state index in [2.05, 4.69) is 11.4 Å². The summed E-state index contributed by atoms with van der Waals surface area (Å²) >= 11 is 1.44. The van der Waals surface area contributed by atoms with Crippen LogP contribution in [0.5, 0.6) is 0 Å². The first-order chi connectivity index (χ1) is 13.0. The van der Waals surface area contributed by atoms with Gasteiger partial charge >= 0.3 is 0 Å². The van der Waals surface area contributed by atoms with Gasteiger partial charge in [-0.1, -0.05) is 12.2 Å². The van der Waals surface area contributed by atoms with Crippen molar-refractivity contribution in [3.8, 4) is 6.07 Å². The normalized spacial score (nSPS) is 25.0. The molecule has 6 nitrogen and oxygen atoms in total. The van der Waals surface area contributed by atoms with Crippen molar-refractivity contribution >= 4 is 34.1 Å². The van der Waals surface area contributed by atoms with Crippen LogP contribution in [-0.4, -0.2) is 28.7 Å². The Labute approximate surface area is 161 Å². The molecule has 0 bridgehead atoms.